The number of nitrogens with one attached hydrogen (secondary N) is 2. The molecule has 1 saturated heterocycles. The normalized spacial score (nSPS) is 15.9. The first-order valence-electron chi connectivity index (χ1n) is 8.39. The molecule has 0 unspecified atom stereocenters. The molecule has 0 bridgehead atoms. The zero-order valence-electron chi connectivity index (χ0n) is 15.1. The smallest absolute Gasteiger partial charge is 0.234 e. The monoisotopic (exact) mass is 348 g/mol. The number of hydrogen-bond donors (Lipinski definition) is 2. The van der Waals surface area contributed by atoms with Crippen LogP contribution in [-0.2, 0) is 4.79 Å². The number of piperazine rings is 1. The molecule has 2 rings (SSSR count). The number of anilines is 1. The van der Waals surface area contributed by atoms with Gasteiger partial charge in [-0.05, 0) is 57.6 Å². The lowest BCUT2D eigenvalue weighted by Gasteiger charge is -2.36. The summed E-state index contributed by atoms with van der Waals surface area (Å²) in [5.41, 5.74) is 2.04. The van der Waals surface area contributed by atoms with Gasteiger partial charge < -0.3 is 15.5 Å². The van der Waals surface area contributed by atoms with Gasteiger partial charge in [0.25, 0.3) is 0 Å². The average molecular weight is 349 g/mol. The molecule has 24 heavy (non-hydrogen) atoms. The van der Waals surface area contributed by atoms with Crippen LogP contribution in [0.25, 0.3) is 0 Å². The maximum Gasteiger partial charge on any atom is 0.234 e. The van der Waals surface area contributed by atoms with Gasteiger partial charge in [0.05, 0.1) is 6.54 Å². The number of carbonyl (C=O) groups is 1. The van der Waals surface area contributed by atoms with Gasteiger partial charge in [-0.25, -0.2) is 0 Å². The van der Waals surface area contributed by atoms with E-state index >= 15 is 0 Å². The van der Waals surface area contributed by atoms with Crippen LogP contribution in [0.1, 0.15) is 26.3 Å². The van der Waals surface area contributed by atoms with Gasteiger partial charge in [0, 0.05) is 37.4 Å². The molecular weight excluding hydrogens is 320 g/mol. The van der Waals surface area contributed by atoms with Crippen molar-refractivity contribution in [2.24, 2.45) is 0 Å². The summed E-state index contributed by atoms with van der Waals surface area (Å²) in [5.74, 6) is 0.0800. The molecule has 5 nitrogen and oxygen atoms in total. The van der Waals surface area contributed by atoms with Gasteiger partial charge in [-0.1, -0.05) is 12.1 Å². The molecule has 0 aliphatic carbocycles. The minimum Gasteiger partial charge on any atom is -0.350 e. The summed E-state index contributed by atoms with van der Waals surface area (Å²) in [6, 6.07) is 8.19. The van der Waals surface area contributed by atoms with Crippen LogP contribution < -0.4 is 10.6 Å². The van der Waals surface area contributed by atoms with Gasteiger partial charge in [0.2, 0.25) is 5.91 Å². The number of carbonyl (C=O) groups excluding carboxylic acids is 1. The molecule has 0 aromatic heterocycles. The second-order valence-electron chi connectivity index (χ2n) is 7.36. The highest BCUT2D eigenvalue weighted by molar-refractivity contribution is 7.80. The summed E-state index contributed by atoms with van der Waals surface area (Å²) in [7, 11) is 0. The van der Waals surface area contributed by atoms with E-state index in [4.69, 9.17) is 12.2 Å². The molecule has 1 aromatic rings. The SMILES string of the molecule is Cc1cccc(NC(=S)N2CCN(CC(=O)NC(C)(C)C)CC2)c1. The van der Waals surface area contributed by atoms with Crippen molar-refractivity contribution in [3.05, 3.63) is 29.8 Å². The number of aryl methyl sites for hydroxylation is 1. The molecule has 0 atom stereocenters. The Morgan fingerprint density at radius 3 is 2.46 bits per heavy atom. The number of rotatable bonds is 3. The Morgan fingerprint density at radius 2 is 1.88 bits per heavy atom. The topological polar surface area (TPSA) is 47.6 Å². The Hall–Kier alpha value is -1.66. The van der Waals surface area contributed by atoms with Gasteiger partial charge >= 0.3 is 0 Å². The maximum absolute atomic E-state index is 12.0. The van der Waals surface area contributed by atoms with Gasteiger partial charge in [-0.2, -0.15) is 0 Å². The lowest BCUT2D eigenvalue weighted by Crippen LogP contribution is -2.53. The van der Waals surface area contributed by atoms with Crippen molar-refractivity contribution < 1.29 is 4.79 Å². The standard InChI is InChI=1S/C18H28N4OS/c1-14-6-5-7-15(12-14)19-17(24)22-10-8-21(9-11-22)13-16(23)20-18(2,3)4/h5-7,12H,8-11,13H2,1-4H3,(H,19,24)(H,20,23). The van der Waals surface area contributed by atoms with Crippen LogP contribution in [-0.4, -0.2) is 59.1 Å². The van der Waals surface area contributed by atoms with Crippen molar-refractivity contribution in [2.45, 2.75) is 33.2 Å². The molecule has 6 heteroatoms. The second-order valence-corrected chi connectivity index (χ2v) is 7.75. The minimum atomic E-state index is -0.182. The van der Waals surface area contributed by atoms with Crippen molar-refractivity contribution in [3.8, 4) is 0 Å². The molecule has 1 heterocycles. The Bertz CT molecular complexity index is 589. The van der Waals surface area contributed by atoms with Crippen molar-refractivity contribution in [3.63, 3.8) is 0 Å². The molecule has 2 N–H and O–H groups in total. The van der Waals surface area contributed by atoms with E-state index in [1.54, 1.807) is 0 Å². The second kappa shape index (κ2) is 7.94. The van der Waals surface area contributed by atoms with E-state index < -0.39 is 0 Å². The number of hydrogen-bond acceptors (Lipinski definition) is 3. The van der Waals surface area contributed by atoms with Crippen LogP contribution in [0.15, 0.2) is 24.3 Å². The molecule has 0 saturated carbocycles. The Kier molecular flexibility index (Phi) is 6.18. The zero-order valence-corrected chi connectivity index (χ0v) is 15.9. The first-order valence-corrected chi connectivity index (χ1v) is 8.80. The fraction of sp³-hybridized carbons (Fsp3) is 0.556. The lowest BCUT2D eigenvalue weighted by molar-refractivity contribution is -0.123. The number of thiocarbonyl (C=S) groups is 1. The van der Waals surface area contributed by atoms with Crippen LogP contribution in [0.2, 0.25) is 0 Å². The van der Waals surface area contributed by atoms with E-state index in [0.29, 0.717) is 6.54 Å². The van der Waals surface area contributed by atoms with E-state index in [1.807, 2.05) is 32.9 Å². The van der Waals surface area contributed by atoms with Gasteiger partial charge in [-0.3, -0.25) is 9.69 Å². The van der Waals surface area contributed by atoms with E-state index in [-0.39, 0.29) is 11.4 Å². The molecule has 1 aliphatic heterocycles. The molecule has 0 radical (unpaired) electrons. The molecule has 1 fully saturated rings. The Labute approximate surface area is 150 Å². The number of amides is 1. The molecular formula is C18H28N4OS. The zero-order chi connectivity index (χ0) is 17.7. The molecule has 1 aliphatic rings. The van der Waals surface area contributed by atoms with E-state index in [2.05, 4.69) is 39.5 Å². The predicted octanol–water partition coefficient (Wildman–Crippen LogP) is 2.22. The third kappa shape index (κ3) is 6.09. The van der Waals surface area contributed by atoms with E-state index in [9.17, 15) is 4.79 Å². The van der Waals surface area contributed by atoms with Crippen molar-refractivity contribution >= 4 is 28.9 Å². The van der Waals surface area contributed by atoms with Crippen LogP contribution in [0.3, 0.4) is 0 Å². The van der Waals surface area contributed by atoms with Crippen molar-refractivity contribution in [1.29, 1.82) is 0 Å². The van der Waals surface area contributed by atoms with Crippen LogP contribution >= 0.6 is 12.2 Å². The third-order valence-electron chi connectivity index (χ3n) is 3.81. The van der Waals surface area contributed by atoms with Crippen molar-refractivity contribution in [1.82, 2.24) is 15.1 Å². The average Bonchev–Trinajstić information content (AvgIpc) is 2.45. The minimum absolute atomic E-state index is 0.0800. The first-order chi connectivity index (χ1) is 11.2. The lowest BCUT2D eigenvalue weighted by atomic mass is 10.1. The van der Waals surface area contributed by atoms with Crippen molar-refractivity contribution in [2.75, 3.05) is 38.0 Å². The van der Waals surface area contributed by atoms with Crippen LogP contribution in [0.4, 0.5) is 5.69 Å². The summed E-state index contributed by atoms with van der Waals surface area (Å²) in [4.78, 5) is 16.3. The Morgan fingerprint density at radius 1 is 1.21 bits per heavy atom. The molecule has 1 amide bonds. The number of benzene rings is 1. The highest BCUT2D eigenvalue weighted by atomic mass is 32.1. The molecule has 132 valence electrons. The van der Waals surface area contributed by atoms with Gasteiger partial charge in [0.15, 0.2) is 5.11 Å². The fourth-order valence-electron chi connectivity index (χ4n) is 2.70. The van der Waals surface area contributed by atoms with Gasteiger partial charge in [-0.15, -0.1) is 0 Å². The summed E-state index contributed by atoms with van der Waals surface area (Å²) in [5, 5.41) is 7.05. The third-order valence-corrected chi connectivity index (χ3v) is 4.17. The quantitative estimate of drug-likeness (QED) is 0.821. The highest BCUT2D eigenvalue weighted by Crippen LogP contribution is 2.12. The van der Waals surface area contributed by atoms with Crippen LogP contribution in [0, 0.1) is 6.92 Å². The first kappa shape index (κ1) is 18.7. The predicted molar refractivity (Wildman–Crippen MR) is 103 cm³/mol. The van der Waals surface area contributed by atoms with Crippen LogP contribution in [0.5, 0.6) is 0 Å². The van der Waals surface area contributed by atoms with E-state index in [1.165, 1.54) is 5.56 Å². The van der Waals surface area contributed by atoms with E-state index in [0.717, 1.165) is 37.0 Å². The van der Waals surface area contributed by atoms with Gasteiger partial charge in [0.1, 0.15) is 0 Å². The summed E-state index contributed by atoms with van der Waals surface area (Å²) >= 11 is 5.51. The number of nitrogens with zero attached hydrogens (tertiary/aromatic N) is 2. The summed E-state index contributed by atoms with van der Waals surface area (Å²) in [6.07, 6.45) is 0. The fourth-order valence-corrected chi connectivity index (χ4v) is 3.00. The largest absolute Gasteiger partial charge is 0.350 e. The summed E-state index contributed by atoms with van der Waals surface area (Å²) < 4.78 is 0. The maximum atomic E-state index is 12.0. The Balaban J connectivity index is 1.78. The summed E-state index contributed by atoms with van der Waals surface area (Å²) in [6.45, 7) is 11.9. The molecule has 1 aromatic carbocycles. The molecule has 0 spiro atoms. The highest BCUT2D eigenvalue weighted by Gasteiger charge is 2.22.